The molecule has 2 N–H and O–H groups in total. The fourth-order valence-corrected chi connectivity index (χ4v) is 2.76. The summed E-state index contributed by atoms with van der Waals surface area (Å²) in [6.45, 7) is 1.97. The number of nitrogens with one attached hydrogen (secondary N) is 2. The van der Waals surface area contributed by atoms with Crippen LogP contribution in [0, 0.1) is 5.82 Å². The van der Waals surface area contributed by atoms with E-state index >= 15 is 0 Å². The van der Waals surface area contributed by atoms with Crippen molar-refractivity contribution < 1.29 is 9.18 Å². The normalized spacial score (nSPS) is 15.6. The van der Waals surface area contributed by atoms with Crippen molar-refractivity contribution in [2.75, 3.05) is 32.0 Å². The van der Waals surface area contributed by atoms with E-state index in [-0.39, 0.29) is 18.3 Å². The van der Waals surface area contributed by atoms with E-state index in [4.69, 9.17) is 0 Å². The molecule has 4 nitrogen and oxygen atoms in total. The van der Waals surface area contributed by atoms with Gasteiger partial charge in [-0.25, -0.2) is 4.39 Å². The lowest BCUT2D eigenvalue weighted by molar-refractivity contribution is -0.115. The Labute approximate surface area is 125 Å². The molecule has 0 bridgehead atoms. The minimum Gasteiger partial charge on any atom is -0.325 e. The van der Waals surface area contributed by atoms with Crippen LogP contribution in [0.4, 0.5) is 10.1 Å². The lowest BCUT2D eigenvalue weighted by Gasteiger charge is -2.23. The molecule has 5 heteroatoms. The van der Waals surface area contributed by atoms with Gasteiger partial charge in [0.25, 0.3) is 0 Å². The van der Waals surface area contributed by atoms with Crippen LogP contribution in [0.1, 0.15) is 25.7 Å². The lowest BCUT2D eigenvalue weighted by atomic mass is 10.2. The molecule has 0 radical (unpaired) electrons. The highest BCUT2D eigenvalue weighted by Gasteiger charge is 2.18. The number of carbonyl (C=O) groups is 1. The third-order valence-corrected chi connectivity index (χ3v) is 3.98. The zero-order chi connectivity index (χ0) is 15.1. The van der Waals surface area contributed by atoms with E-state index in [1.54, 1.807) is 12.1 Å². The summed E-state index contributed by atoms with van der Waals surface area (Å²) in [6, 6.07) is 6.62. The molecule has 116 valence electrons. The second kappa shape index (κ2) is 8.10. The molecule has 0 aliphatic heterocycles. The molecule has 0 aromatic heterocycles. The number of likely N-dealkylation sites (N-methyl/N-ethyl adjacent to an activating group) is 1. The van der Waals surface area contributed by atoms with Crippen LogP contribution in [0.2, 0.25) is 0 Å². The highest BCUT2D eigenvalue weighted by molar-refractivity contribution is 5.92. The van der Waals surface area contributed by atoms with Gasteiger partial charge in [0.2, 0.25) is 5.91 Å². The monoisotopic (exact) mass is 293 g/mol. The first-order chi connectivity index (χ1) is 10.1. The topological polar surface area (TPSA) is 44.4 Å². The van der Waals surface area contributed by atoms with Gasteiger partial charge in [-0.1, -0.05) is 18.9 Å². The lowest BCUT2D eigenvalue weighted by Crippen LogP contribution is -2.37. The summed E-state index contributed by atoms with van der Waals surface area (Å²) < 4.78 is 13.0. The number of rotatable bonds is 7. The van der Waals surface area contributed by atoms with E-state index in [0.717, 1.165) is 13.1 Å². The number of benzene rings is 1. The summed E-state index contributed by atoms with van der Waals surface area (Å²) in [4.78, 5) is 14.1. The Bertz CT molecular complexity index is 461. The minimum absolute atomic E-state index is 0.149. The molecule has 1 aliphatic carbocycles. The summed E-state index contributed by atoms with van der Waals surface area (Å²) in [5.41, 5.74) is 0.491. The molecule has 21 heavy (non-hydrogen) atoms. The highest BCUT2D eigenvalue weighted by Crippen LogP contribution is 2.21. The fraction of sp³-hybridized carbons (Fsp3) is 0.562. The maximum absolute atomic E-state index is 13.0. The number of nitrogens with zero attached hydrogens (tertiary/aromatic N) is 1. The molecule has 1 amide bonds. The molecule has 1 aromatic carbocycles. The second-order valence-corrected chi connectivity index (χ2v) is 5.65. The van der Waals surface area contributed by atoms with Crippen LogP contribution in [-0.4, -0.2) is 43.5 Å². The Kier molecular flexibility index (Phi) is 6.14. The molecule has 1 saturated carbocycles. The predicted octanol–water partition coefficient (Wildman–Crippen LogP) is 2.23. The Morgan fingerprint density at radius 3 is 2.86 bits per heavy atom. The number of hydrogen-bond acceptors (Lipinski definition) is 3. The van der Waals surface area contributed by atoms with Crippen molar-refractivity contribution in [1.82, 2.24) is 10.2 Å². The first-order valence-corrected chi connectivity index (χ1v) is 7.61. The van der Waals surface area contributed by atoms with Gasteiger partial charge in [-0.15, -0.1) is 0 Å². The number of halogens is 1. The van der Waals surface area contributed by atoms with Crippen molar-refractivity contribution in [3.8, 4) is 0 Å². The first kappa shape index (κ1) is 15.9. The maximum atomic E-state index is 13.0. The van der Waals surface area contributed by atoms with Crippen LogP contribution < -0.4 is 10.6 Å². The average molecular weight is 293 g/mol. The van der Waals surface area contributed by atoms with Gasteiger partial charge in [-0.05, 0) is 38.1 Å². The van der Waals surface area contributed by atoms with Gasteiger partial charge in [0.15, 0.2) is 0 Å². The molecular formula is C16H24FN3O. The summed E-state index contributed by atoms with van der Waals surface area (Å²) in [5, 5.41) is 5.80. The van der Waals surface area contributed by atoms with Gasteiger partial charge in [0, 0.05) is 24.8 Å². The van der Waals surface area contributed by atoms with Gasteiger partial charge >= 0.3 is 0 Å². The highest BCUT2D eigenvalue weighted by atomic mass is 19.1. The van der Waals surface area contributed by atoms with Gasteiger partial charge in [-0.2, -0.15) is 0 Å². The van der Waals surface area contributed by atoms with E-state index in [9.17, 15) is 9.18 Å². The molecule has 0 spiro atoms. The quantitative estimate of drug-likeness (QED) is 0.758. The van der Waals surface area contributed by atoms with Crippen molar-refractivity contribution in [3.63, 3.8) is 0 Å². The Morgan fingerprint density at radius 2 is 2.14 bits per heavy atom. The Hall–Kier alpha value is -1.46. The largest absolute Gasteiger partial charge is 0.325 e. The van der Waals surface area contributed by atoms with E-state index < -0.39 is 0 Å². The zero-order valence-corrected chi connectivity index (χ0v) is 12.6. The summed E-state index contributed by atoms with van der Waals surface area (Å²) >= 11 is 0. The third kappa shape index (κ3) is 5.44. The summed E-state index contributed by atoms with van der Waals surface area (Å²) in [5.74, 6) is -0.497. The van der Waals surface area contributed by atoms with Crippen molar-refractivity contribution in [3.05, 3.63) is 30.1 Å². The number of hydrogen-bond donors (Lipinski definition) is 2. The minimum atomic E-state index is -0.348. The molecule has 0 atom stereocenters. The molecule has 2 rings (SSSR count). The molecule has 1 fully saturated rings. The van der Waals surface area contributed by atoms with Gasteiger partial charge in [0.05, 0.1) is 6.54 Å². The Morgan fingerprint density at radius 1 is 1.38 bits per heavy atom. The Balaban J connectivity index is 1.60. The van der Waals surface area contributed by atoms with Crippen LogP contribution in [0.3, 0.4) is 0 Å². The number of amides is 1. The van der Waals surface area contributed by atoms with Crippen molar-refractivity contribution in [2.24, 2.45) is 0 Å². The molecule has 0 unspecified atom stereocenters. The van der Waals surface area contributed by atoms with E-state index in [1.807, 2.05) is 0 Å². The van der Waals surface area contributed by atoms with E-state index in [2.05, 4.69) is 22.6 Å². The van der Waals surface area contributed by atoms with Crippen molar-refractivity contribution in [2.45, 2.75) is 31.7 Å². The smallest absolute Gasteiger partial charge is 0.238 e. The summed E-state index contributed by atoms with van der Waals surface area (Å²) in [6.07, 6.45) is 5.24. The average Bonchev–Trinajstić information content (AvgIpc) is 2.97. The molecule has 0 saturated heterocycles. The third-order valence-electron chi connectivity index (χ3n) is 3.98. The standard InChI is InChI=1S/C16H24FN3O/c1-20(15-7-2-3-8-15)10-9-18-12-16(21)19-14-6-4-5-13(17)11-14/h4-6,11,15,18H,2-3,7-10,12H2,1H3,(H,19,21). The second-order valence-electron chi connectivity index (χ2n) is 5.65. The fourth-order valence-electron chi connectivity index (χ4n) is 2.76. The van der Waals surface area contributed by atoms with E-state index in [1.165, 1.54) is 37.8 Å². The van der Waals surface area contributed by atoms with Crippen LogP contribution >= 0.6 is 0 Å². The van der Waals surface area contributed by atoms with Crippen LogP contribution in [0.5, 0.6) is 0 Å². The first-order valence-electron chi connectivity index (χ1n) is 7.61. The molecule has 1 aromatic rings. The SMILES string of the molecule is CN(CCNCC(=O)Nc1cccc(F)c1)C1CCCC1. The number of anilines is 1. The van der Waals surface area contributed by atoms with Crippen LogP contribution in [0.25, 0.3) is 0 Å². The predicted molar refractivity (Wildman–Crippen MR) is 82.8 cm³/mol. The van der Waals surface area contributed by atoms with Gasteiger partial charge < -0.3 is 15.5 Å². The molecule has 0 heterocycles. The molecule has 1 aliphatic rings. The molecular weight excluding hydrogens is 269 g/mol. The summed E-state index contributed by atoms with van der Waals surface area (Å²) in [7, 11) is 2.14. The van der Waals surface area contributed by atoms with Crippen molar-refractivity contribution in [1.29, 1.82) is 0 Å². The van der Waals surface area contributed by atoms with Crippen LogP contribution in [-0.2, 0) is 4.79 Å². The van der Waals surface area contributed by atoms with Crippen LogP contribution in [0.15, 0.2) is 24.3 Å². The maximum Gasteiger partial charge on any atom is 0.238 e. The zero-order valence-electron chi connectivity index (χ0n) is 12.6. The van der Waals surface area contributed by atoms with Crippen molar-refractivity contribution >= 4 is 11.6 Å². The van der Waals surface area contributed by atoms with Gasteiger partial charge in [0.1, 0.15) is 5.82 Å². The van der Waals surface area contributed by atoms with E-state index in [0.29, 0.717) is 11.7 Å². The van der Waals surface area contributed by atoms with Gasteiger partial charge in [-0.3, -0.25) is 4.79 Å². The number of carbonyl (C=O) groups excluding carboxylic acids is 1.